The van der Waals surface area contributed by atoms with Gasteiger partial charge in [0.2, 0.25) is 0 Å². The third-order valence-electron chi connectivity index (χ3n) is 6.74. The number of rotatable bonds is 27. The van der Waals surface area contributed by atoms with Crippen molar-refractivity contribution in [2.75, 3.05) is 0 Å². The van der Waals surface area contributed by atoms with Gasteiger partial charge in [-0.05, 0) is 51.4 Å². The Hall–Kier alpha value is -1.32. The Morgan fingerprint density at radius 2 is 1.09 bits per heavy atom. The molecule has 0 spiro atoms. The van der Waals surface area contributed by atoms with Crippen molar-refractivity contribution in [3.8, 4) is 0 Å². The van der Waals surface area contributed by atoms with Crippen molar-refractivity contribution in [2.24, 2.45) is 0 Å². The van der Waals surface area contributed by atoms with Gasteiger partial charge in [-0.2, -0.15) is 0 Å². The summed E-state index contributed by atoms with van der Waals surface area (Å²) < 4.78 is 5.77. The van der Waals surface area contributed by atoms with Crippen LogP contribution in [0, 0.1) is 0 Å². The zero-order valence-electron chi connectivity index (χ0n) is 23.4. The van der Waals surface area contributed by atoms with Gasteiger partial charge in [-0.3, -0.25) is 9.59 Å². The SMILES string of the molecule is CCCC/C=C\CCCCCCCC(=O)OC(CCCCCCCCCCCC)CCCC(=O)O. The Morgan fingerprint density at radius 1 is 0.600 bits per heavy atom. The van der Waals surface area contributed by atoms with Gasteiger partial charge in [-0.25, -0.2) is 0 Å². The van der Waals surface area contributed by atoms with Crippen LogP contribution in [-0.4, -0.2) is 23.1 Å². The molecule has 4 nitrogen and oxygen atoms in total. The fourth-order valence-electron chi connectivity index (χ4n) is 4.47. The Morgan fingerprint density at radius 3 is 1.69 bits per heavy atom. The maximum absolute atomic E-state index is 12.3. The molecule has 0 saturated carbocycles. The fraction of sp³-hybridized carbons (Fsp3) is 0.871. The molecule has 0 radical (unpaired) electrons. The first kappa shape index (κ1) is 33.7. The van der Waals surface area contributed by atoms with Crippen molar-refractivity contribution in [3.05, 3.63) is 12.2 Å². The molecule has 0 rings (SSSR count). The molecule has 0 amide bonds. The summed E-state index contributed by atoms with van der Waals surface area (Å²) in [5.74, 6) is -0.873. The molecule has 0 heterocycles. The minimum Gasteiger partial charge on any atom is -0.481 e. The summed E-state index contributed by atoms with van der Waals surface area (Å²) in [7, 11) is 0. The van der Waals surface area contributed by atoms with Gasteiger partial charge in [0.15, 0.2) is 0 Å². The molecule has 0 fully saturated rings. The van der Waals surface area contributed by atoms with Gasteiger partial charge in [-0.15, -0.1) is 0 Å². The molecule has 1 unspecified atom stereocenters. The lowest BCUT2D eigenvalue weighted by Gasteiger charge is -2.18. The number of carbonyl (C=O) groups is 2. The fourth-order valence-corrected chi connectivity index (χ4v) is 4.47. The highest BCUT2D eigenvalue weighted by Gasteiger charge is 2.15. The summed E-state index contributed by atoms with van der Waals surface area (Å²) >= 11 is 0. The number of esters is 1. The van der Waals surface area contributed by atoms with Gasteiger partial charge in [0, 0.05) is 12.8 Å². The van der Waals surface area contributed by atoms with E-state index in [2.05, 4.69) is 26.0 Å². The lowest BCUT2D eigenvalue weighted by Crippen LogP contribution is -2.18. The van der Waals surface area contributed by atoms with E-state index in [0.717, 1.165) is 25.7 Å². The van der Waals surface area contributed by atoms with E-state index in [0.29, 0.717) is 19.3 Å². The number of aliphatic carboxylic acids is 1. The van der Waals surface area contributed by atoms with Crippen LogP contribution in [0.5, 0.6) is 0 Å². The molecule has 0 aliphatic carbocycles. The molecular formula is C31H58O4. The topological polar surface area (TPSA) is 63.6 Å². The summed E-state index contributed by atoms with van der Waals surface area (Å²) in [6, 6.07) is 0. The second kappa shape index (κ2) is 27.3. The molecule has 0 aromatic carbocycles. The first-order valence-electron chi connectivity index (χ1n) is 15.2. The lowest BCUT2D eigenvalue weighted by atomic mass is 10.0. The third kappa shape index (κ3) is 27.1. The summed E-state index contributed by atoms with van der Waals surface area (Å²) in [6.45, 7) is 4.48. The van der Waals surface area contributed by atoms with Crippen LogP contribution < -0.4 is 0 Å². The van der Waals surface area contributed by atoms with Crippen LogP contribution in [0.15, 0.2) is 12.2 Å². The Labute approximate surface area is 217 Å². The number of carboxylic acid groups (broad SMARTS) is 1. The number of carbonyl (C=O) groups excluding carboxylic acids is 1. The van der Waals surface area contributed by atoms with Crippen LogP contribution in [0.1, 0.15) is 168 Å². The minimum atomic E-state index is -0.773. The molecule has 0 aliphatic rings. The lowest BCUT2D eigenvalue weighted by molar-refractivity contribution is -0.150. The van der Waals surface area contributed by atoms with Crippen LogP contribution in [0.2, 0.25) is 0 Å². The molecule has 0 aliphatic heterocycles. The van der Waals surface area contributed by atoms with Crippen molar-refractivity contribution in [3.63, 3.8) is 0 Å². The maximum Gasteiger partial charge on any atom is 0.306 e. The molecule has 0 aromatic rings. The van der Waals surface area contributed by atoms with Gasteiger partial charge in [0.05, 0.1) is 0 Å². The summed E-state index contributed by atoms with van der Waals surface area (Å²) in [4.78, 5) is 23.2. The maximum atomic E-state index is 12.3. The molecule has 206 valence electrons. The minimum absolute atomic E-state index is 0.101. The van der Waals surface area contributed by atoms with Crippen LogP contribution >= 0.6 is 0 Å². The zero-order chi connectivity index (χ0) is 25.8. The van der Waals surface area contributed by atoms with E-state index in [-0.39, 0.29) is 18.5 Å². The summed E-state index contributed by atoms with van der Waals surface area (Å²) in [5, 5.41) is 8.93. The standard InChI is InChI=1S/C31H58O4/c1-3-5-7-9-11-13-15-17-19-21-23-28-31(34)35-29(26-24-27-30(32)33)25-22-20-18-16-14-12-10-8-6-4-2/h9,11,29H,3-8,10,12-28H2,1-2H3,(H,32,33)/b11-9-. The Balaban J connectivity index is 3.91. The molecule has 1 N–H and O–H groups in total. The van der Waals surface area contributed by atoms with Crippen LogP contribution in [0.25, 0.3) is 0 Å². The number of carboxylic acids is 1. The van der Waals surface area contributed by atoms with Crippen molar-refractivity contribution in [1.29, 1.82) is 0 Å². The van der Waals surface area contributed by atoms with Gasteiger partial charge in [-0.1, -0.05) is 116 Å². The van der Waals surface area contributed by atoms with E-state index >= 15 is 0 Å². The molecular weight excluding hydrogens is 436 g/mol. The van der Waals surface area contributed by atoms with E-state index < -0.39 is 5.97 Å². The number of ether oxygens (including phenoxy) is 1. The average Bonchev–Trinajstić information content (AvgIpc) is 2.83. The zero-order valence-corrected chi connectivity index (χ0v) is 23.4. The molecule has 0 aromatic heterocycles. The first-order valence-corrected chi connectivity index (χ1v) is 15.2. The van der Waals surface area contributed by atoms with Crippen molar-refractivity contribution < 1.29 is 19.4 Å². The third-order valence-corrected chi connectivity index (χ3v) is 6.74. The quantitative estimate of drug-likeness (QED) is 0.0701. The van der Waals surface area contributed by atoms with Crippen molar-refractivity contribution in [1.82, 2.24) is 0 Å². The molecule has 35 heavy (non-hydrogen) atoms. The number of allylic oxidation sites excluding steroid dienone is 2. The van der Waals surface area contributed by atoms with Gasteiger partial charge in [0.1, 0.15) is 6.10 Å². The van der Waals surface area contributed by atoms with Gasteiger partial charge in [0.25, 0.3) is 0 Å². The Kier molecular flexibility index (Phi) is 26.2. The van der Waals surface area contributed by atoms with E-state index in [1.165, 1.54) is 103 Å². The van der Waals surface area contributed by atoms with Crippen molar-refractivity contribution >= 4 is 11.9 Å². The molecule has 0 saturated heterocycles. The first-order chi connectivity index (χ1) is 17.1. The number of unbranched alkanes of at least 4 members (excludes halogenated alkanes) is 16. The largest absolute Gasteiger partial charge is 0.481 e. The normalized spacial score (nSPS) is 12.3. The second-order valence-electron chi connectivity index (χ2n) is 10.3. The highest BCUT2D eigenvalue weighted by Crippen LogP contribution is 2.17. The van der Waals surface area contributed by atoms with Crippen LogP contribution in [0.3, 0.4) is 0 Å². The van der Waals surface area contributed by atoms with E-state index in [1.807, 2.05) is 0 Å². The summed E-state index contributed by atoms with van der Waals surface area (Å²) in [6.07, 6.45) is 30.7. The monoisotopic (exact) mass is 494 g/mol. The van der Waals surface area contributed by atoms with Crippen LogP contribution in [0.4, 0.5) is 0 Å². The van der Waals surface area contributed by atoms with Gasteiger partial charge >= 0.3 is 11.9 Å². The van der Waals surface area contributed by atoms with Gasteiger partial charge < -0.3 is 9.84 Å². The van der Waals surface area contributed by atoms with Crippen LogP contribution in [-0.2, 0) is 14.3 Å². The predicted octanol–water partition coefficient (Wildman–Crippen LogP) is 9.94. The number of hydrogen-bond acceptors (Lipinski definition) is 3. The Bertz CT molecular complexity index is 500. The highest BCUT2D eigenvalue weighted by molar-refractivity contribution is 5.69. The molecule has 0 bridgehead atoms. The predicted molar refractivity (Wildman–Crippen MR) is 149 cm³/mol. The van der Waals surface area contributed by atoms with E-state index in [4.69, 9.17) is 9.84 Å². The smallest absolute Gasteiger partial charge is 0.306 e. The average molecular weight is 495 g/mol. The second-order valence-corrected chi connectivity index (χ2v) is 10.3. The highest BCUT2D eigenvalue weighted by atomic mass is 16.5. The van der Waals surface area contributed by atoms with E-state index in [9.17, 15) is 9.59 Å². The van der Waals surface area contributed by atoms with E-state index in [1.54, 1.807) is 0 Å². The summed E-state index contributed by atoms with van der Waals surface area (Å²) in [5.41, 5.74) is 0. The molecule has 1 atom stereocenters. The number of hydrogen-bond donors (Lipinski definition) is 1. The van der Waals surface area contributed by atoms with Crippen molar-refractivity contribution in [2.45, 2.75) is 174 Å². The molecule has 4 heteroatoms.